The summed E-state index contributed by atoms with van der Waals surface area (Å²) in [5.74, 6) is 0. The minimum atomic E-state index is 0.00124. The van der Waals surface area contributed by atoms with Gasteiger partial charge in [0.1, 0.15) is 6.10 Å². The van der Waals surface area contributed by atoms with Crippen LogP contribution in [-0.4, -0.2) is 38.0 Å². The average Bonchev–Trinajstić information content (AvgIpc) is 3.11. The third kappa shape index (κ3) is 6.65. The Bertz CT molecular complexity index is 679. The third-order valence-corrected chi connectivity index (χ3v) is 5.59. The summed E-state index contributed by atoms with van der Waals surface area (Å²) >= 11 is 0. The Morgan fingerprint density at radius 2 is 1.38 bits per heavy atom. The SMILES string of the molecule is CCCCCO[C@@H]1[C@@H](NC)[C@H](OCc2ccccc2)C[C@@H]1OCc1ccccc1. The van der Waals surface area contributed by atoms with Gasteiger partial charge < -0.3 is 19.5 Å². The molecule has 0 unspecified atom stereocenters. The van der Waals surface area contributed by atoms with E-state index in [1.54, 1.807) is 0 Å². The van der Waals surface area contributed by atoms with Crippen LogP contribution in [0.1, 0.15) is 43.7 Å². The molecule has 0 aromatic heterocycles. The van der Waals surface area contributed by atoms with Gasteiger partial charge in [0.05, 0.1) is 31.5 Å². The molecular weight excluding hydrogens is 362 g/mol. The Balaban J connectivity index is 1.62. The highest BCUT2D eigenvalue weighted by molar-refractivity contribution is 5.14. The third-order valence-electron chi connectivity index (χ3n) is 5.59. The zero-order valence-corrected chi connectivity index (χ0v) is 17.8. The summed E-state index contributed by atoms with van der Waals surface area (Å²) in [7, 11) is 1.99. The summed E-state index contributed by atoms with van der Waals surface area (Å²) < 4.78 is 19.0. The van der Waals surface area contributed by atoms with E-state index in [2.05, 4.69) is 36.5 Å². The van der Waals surface area contributed by atoms with Crippen LogP contribution in [0.3, 0.4) is 0 Å². The van der Waals surface area contributed by atoms with Gasteiger partial charge in [-0.15, -0.1) is 0 Å². The van der Waals surface area contributed by atoms with E-state index in [9.17, 15) is 0 Å². The highest BCUT2D eigenvalue weighted by Gasteiger charge is 2.44. The highest BCUT2D eigenvalue weighted by Crippen LogP contribution is 2.30. The van der Waals surface area contributed by atoms with E-state index in [1.807, 2.05) is 43.4 Å². The van der Waals surface area contributed by atoms with Crippen molar-refractivity contribution in [1.82, 2.24) is 5.32 Å². The van der Waals surface area contributed by atoms with Crippen molar-refractivity contribution in [2.75, 3.05) is 13.7 Å². The van der Waals surface area contributed by atoms with Gasteiger partial charge in [0.15, 0.2) is 0 Å². The summed E-state index contributed by atoms with van der Waals surface area (Å²) in [6.45, 7) is 4.19. The Hall–Kier alpha value is -1.72. The molecule has 1 N–H and O–H groups in total. The first-order valence-electron chi connectivity index (χ1n) is 10.9. The van der Waals surface area contributed by atoms with Crippen LogP contribution in [0.4, 0.5) is 0 Å². The average molecular weight is 398 g/mol. The number of unbranched alkanes of at least 4 members (excludes halogenated alkanes) is 2. The molecule has 4 nitrogen and oxygen atoms in total. The molecule has 158 valence electrons. The monoisotopic (exact) mass is 397 g/mol. The van der Waals surface area contributed by atoms with Crippen molar-refractivity contribution < 1.29 is 14.2 Å². The molecule has 0 heterocycles. The van der Waals surface area contributed by atoms with Crippen LogP contribution in [0.5, 0.6) is 0 Å². The first-order valence-corrected chi connectivity index (χ1v) is 10.9. The molecule has 2 aromatic rings. The fraction of sp³-hybridized carbons (Fsp3) is 0.520. The number of nitrogens with one attached hydrogen (secondary N) is 1. The predicted molar refractivity (Wildman–Crippen MR) is 117 cm³/mol. The lowest BCUT2D eigenvalue weighted by molar-refractivity contribution is -0.0714. The van der Waals surface area contributed by atoms with E-state index in [0.29, 0.717) is 13.2 Å². The number of ether oxygens (including phenoxy) is 3. The Morgan fingerprint density at radius 1 is 0.793 bits per heavy atom. The smallest absolute Gasteiger partial charge is 0.101 e. The minimum absolute atomic E-state index is 0.00124. The van der Waals surface area contributed by atoms with Crippen molar-refractivity contribution in [3.63, 3.8) is 0 Å². The molecule has 0 bridgehead atoms. The summed E-state index contributed by atoms with van der Waals surface area (Å²) in [4.78, 5) is 0. The van der Waals surface area contributed by atoms with Gasteiger partial charge >= 0.3 is 0 Å². The lowest BCUT2D eigenvalue weighted by atomic mass is 10.1. The Labute approximate surface area is 175 Å². The van der Waals surface area contributed by atoms with Gasteiger partial charge in [0.2, 0.25) is 0 Å². The fourth-order valence-electron chi connectivity index (χ4n) is 3.97. The number of likely N-dealkylation sites (N-methyl/N-ethyl adjacent to an activating group) is 1. The van der Waals surface area contributed by atoms with Crippen molar-refractivity contribution in [2.45, 2.75) is 70.2 Å². The van der Waals surface area contributed by atoms with Crippen molar-refractivity contribution in [3.8, 4) is 0 Å². The molecular formula is C25H35NO3. The zero-order chi connectivity index (χ0) is 20.3. The van der Waals surface area contributed by atoms with E-state index in [1.165, 1.54) is 24.0 Å². The Morgan fingerprint density at radius 3 is 1.93 bits per heavy atom. The maximum absolute atomic E-state index is 6.33. The second-order valence-corrected chi connectivity index (χ2v) is 7.76. The predicted octanol–water partition coefficient (Wildman–Crippen LogP) is 4.72. The number of hydrogen-bond donors (Lipinski definition) is 1. The van der Waals surface area contributed by atoms with Gasteiger partial charge in [-0.2, -0.15) is 0 Å². The molecule has 1 aliphatic carbocycles. The van der Waals surface area contributed by atoms with Crippen molar-refractivity contribution in [1.29, 1.82) is 0 Å². The number of hydrogen-bond acceptors (Lipinski definition) is 4. The largest absolute Gasteiger partial charge is 0.374 e. The topological polar surface area (TPSA) is 39.7 Å². The molecule has 4 heteroatoms. The van der Waals surface area contributed by atoms with Gasteiger partial charge in [0.25, 0.3) is 0 Å². The first-order chi connectivity index (χ1) is 14.3. The second kappa shape index (κ2) is 12.1. The molecule has 1 aliphatic rings. The minimum Gasteiger partial charge on any atom is -0.374 e. The van der Waals surface area contributed by atoms with Crippen LogP contribution in [0.2, 0.25) is 0 Å². The van der Waals surface area contributed by atoms with Gasteiger partial charge in [-0.25, -0.2) is 0 Å². The van der Waals surface area contributed by atoms with Crippen LogP contribution in [0.15, 0.2) is 60.7 Å². The molecule has 2 aromatic carbocycles. The molecule has 0 spiro atoms. The molecule has 1 fully saturated rings. The molecule has 0 saturated heterocycles. The van der Waals surface area contributed by atoms with Crippen LogP contribution >= 0.6 is 0 Å². The molecule has 0 amide bonds. The molecule has 3 rings (SSSR count). The molecule has 0 radical (unpaired) electrons. The lowest BCUT2D eigenvalue weighted by Crippen LogP contribution is -2.45. The molecule has 1 saturated carbocycles. The zero-order valence-electron chi connectivity index (χ0n) is 17.8. The maximum Gasteiger partial charge on any atom is 0.101 e. The molecule has 4 atom stereocenters. The normalized spacial score (nSPS) is 24.1. The Kier molecular flexibility index (Phi) is 9.16. The van der Waals surface area contributed by atoms with Crippen LogP contribution in [-0.2, 0) is 27.4 Å². The molecule has 0 aliphatic heterocycles. The standard InChI is InChI=1S/C25H35NO3/c1-3-4-11-16-27-25-23(29-19-21-14-9-6-10-15-21)17-22(24(25)26-2)28-18-20-12-7-5-8-13-20/h5-10,12-15,22-26H,3-4,11,16-19H2,1-2H3/t22-,23+,24+,25+/m1/s1. The number of benzene rings is 2. The van der Waals surface area contributed by atoms with Crippen molar-refractivity contribution >= 4 is 0 Å². The van der Waals surface area contributed by atoms with Gasteiger partial charge in [-0.3, -0.25) is 0 Å². The van der Waals surface area contributed by atoms with E-state index < -0.39 is 0 Å². The fourth-order valence-corrected chi connectivity index (χ4v) is 3.97. The van der Waals surface area contributed by atoms with Gasteiger partial charge in [-0.05, 0) is 24.6 Å². The highest BCUT2D eigenvalue weighted by atomic mass is 16.6. The summed E-state index contributed by atoms with van der Waals surface area (Å²) in [5, 5.41) is 3.44. The summed E-state index contributed by atoms with van der Waals surface area (Å²) in [5.41, 5.74) is 2.38. The molecule has 29 heavy (non-hydrogen) atoms. The van der Waals surface area contributed by atoms with E-state index >= 15 is 0 Å². The van der Waals surface area contributed by atoms with E-state index in [4.69, 9.17) is 14.2 Å². The summed E-state index contributed by atoms with van der Waals surface area (Å²) in [6, 6.07) is 20.8. The quantitative estimate of drug-likeness (QED) is 0.526. The van der Waals surface area contributed by atoms with Crippen LogP contribution in [0, 0.1) is 0 Å². The first kappa shape index (κ1) is 22.0. The van der Waals surface area contributed by atoms with Gasteiger partial charge in [-0.1, -0.05) is 80.4 Å². The van der Waals surface area contributed by atoms with Crippen LogP contribution in [0.25, 0.3) is 0 Å². The van der Waals surface area contributed by atoms with Crippen molar-refractivity contribution in [3.05, 3.63) is 71.8 Å². The lowest BCUT2D eigenvalue weighted by Gasteiger charge is -2.27. The summed E-state index contributed by atoms with van der Waals surface area (Å²) in [6.07, 6.45) is 4.41. The maximum atomic E-state index is 6.33. The second-order valence-electron chi connectivity index (χ2n) is 7.76. The van der Waals surface area contributed by atoms with Crippen molar-refractivity contribution in [2.24, 2.45) is 0 Å². The van der Waals surface area contributed by atoms with E-state index in [0.717, 1.165) is 19.4 Å². The van der Waals surface area contributed by atoms with Gasteiger partial charge in [0, 0.05) is 13.0 Å². The number of rotatable bonds is 12. The van der Waals surface area contributed by atoms with Crippen LogP contribution < -0.4 is 5.32 Å². The van der Waals surface area contributed by atoms with E-state index in [-0.39, 0.29) is 24.4 Å².